The summed E-state index contributed by atoms with van der Waals surface area (Å²) in [5.74, 6) is 0. The molecule has 0 saturated carbocycles. The predicted octanol–water partition coefficient (Wildman–Crippen LogP) is 1.37. The molecule has 16 heavy (non-hydrogen) atoms. The van der Waals surface area contributed by atoms with Crippen LogP contribution in [-0.4, -0.2) is 49.0 Å². The average Bonchev–Trinajstić information content (AvgIpc) is 2.78. The molecular weight excluding hydrogens is 222 g/mol. The Kier molecular flexibility index (Phi) is 4.35. The van der Waals surface area contributed by atoms with E-state index in [0.717, 1.165) is 32.5 Å². The van der Waals surface area contributed by atoms with E-state index in [2.05, 4.69) is 29.5 Å². The molecule has 1 aromatic rings. The number of nitrogens with zero attached hydrogens (tertiary/aromatic N) is 1. The summed E-state index contributed by atoms with van der Waals surface area (Å²) in [5.41, 5.74) is 0. The van der Waals surface area contributed by atoms with Gasteiger partial charge in [-0.2, -0.15) is 0 Å². The van der Waals surface area contributed by atoms with Crippen molar-refractivity contribution in [1.29, 1.82) is 0 Å². The maximum absolute atomic E-state index is 10.0. The van der Waals surface area contributed by atoms with E-state index in [0.29, 0.717) is 0 Å². The lowest BCUT2D eigenvalue weighted by atomic mass is 10.1. The van der Waals surface area contributed by atoms with E-state index >= 15 is 0 Å². The molecule has 1 N–H and O–H groups in total. The van der Waals surface area contributed by atoms with Crippen molar-refractivity contribution in [3.05, 3.63) is 22.4 Å². The minimum Gasteiger partial charge on any atom is -0.390 e. The number of hydrogen-bond acceptors (Lipinski definition) is 4. The first-order valence-corrected chi connectivity index (χ1v) is 6.64. The van der Waals surface area contributed by atoms with Gasteiger partial charge in [-0.1, -0.05) is 6.07 Å². The highest BCUT2D eigenvalue weighted by Crippen LogP contribution is 2.16. The Morgan fingerprint density at radius 3 is 3.25 bits per heavy atom. The van der Waals surface area contributed by atoms with Gasteiger partial charge in [-0.05, 0) is 31.3 Å². The van der Waals surface area contributed by atoms with Gasteiger partial charge in [-0.15, -0.1) is 11.3 Å². The van der Waals surface area contributed by atoms with E-state index in [1.54, 1.807) is 11.3 Å². The lowest BCUT2D eigenvalue weighted by Gasteiger charge is -2.32. The molecule has 2 rings (SSSR count). The lowest BCUT2D eigenvalue weighted by molar-refractivity contribution is -0.0846. The Hall–Kier alpha value is -0.420. The van der Waals surface area contributed by atoms with Crippen LogP contribution in [0.5, 0.6) is 0 Å². The van der Waals surface area contributed by atoms with Crippen molar-refractivity contribution < 1.29 is 9.84 Å². The minimum absolute atomic E-state index is 0.0151. The van der Waals surface area contributed by atoms with Crippen LogP contribution in [0.3, 0.4) is 0 Å². The molecule has 0 spiro atoms. The fraction of sp³-hybridized carbons (Fsp3) is 0.667. The molecule has 2 heterocycles. The van der Waals surface area contributed by atoms with Crippen molar-refractivity contribution in [2.75, 3.05) is 26.7 Å². The lowest BCUT2D eigenvalue weighted by Crippen LogP contribution is -2.46. The topological polar surface area (TPSA) is 32.7 Å². The molecule has 1 fully saturated rings. The molecule has 0 radical (unpaired) electrons. The summed E-state index contributed by atoms with van der Waals surface area (Å²) < 4.78 is 5.59. The highest BCUT2D eigenvalue weighted by molar-refractivity contribution is 7.09. The van der Waals surface area contributed by atoms with Gasteiger partial charge in [0.2, 0.25) is 0 Å². The maximum atomic E-state index is 10.0. The standard InChI is InChI=1S/C12H19NO2S/c1-13-6-7-15-12(9-13)11(14)5-4-10-3-2-8-16-10/h2-3,8,11-12,14H,4-7,9H2,1H3. The van der Waals surface area contributed by atoms with Gasteiger partial charge >= 0.3 is 0 Å². The monoisotopic (exact) mass is 241 g/mol. The van der Waals surface area contributed by atoms with E-state index in [1.165, 1.54) is 4.88 Å². The van der Waals surface area contributed by atoms with Gasteiger partial charge in [0.05, 0.1) is 18.8 Å². The van der Waals surface area contributed by atoms with Gasteiger partial charge in [0.15, 0.2) is 0 Å². The summed E-state index contributed by atoms with van der Waals surface area (Å²) in [6.45, 7) is 2.54. The largest absolute Gasteiger partial charge is 0.390 e. The molecule has 1 aliphatic rings. The van der Waals surface area contributed by atoms with E-state index in [4.69, 9.17) is 4.74 Å². The zero-order valence-electron chi connectivity index (χ0n) is 9.63. The van der Waals surface area contributed by atoms with Gasteiger partial charge in [-0.25, -0.2) is 0 Å². The van der Waals surface area contributed by atoms with Crippen LogP contribution >= 0.6 is 11.3 Å². The predicted molar refractivity (Wildman–Crippen MR) is 65.9 cm³/mol. The summed E-state index contributed by atoms with van der Waals surface area (Å²) in [6, 6.07) is 4.17. The molecule has 2 atom stereocenters. The van der Waals surface area contributed by atoms with Crippen LogP contribution in [0.25, 0.3) is 0 Å². The molecule has 4 heteroatoms. The van der Waals surface area contributed by atoms with Gasteiger partial charge in [0, 0.05) is 18.0 Å². The second-order valence-electron chi connectivity index (χ2n) is 4.36. The van der Waals surface area contributed by atoms with Crippen molar-refractivity contribution in [2.24, 2.45) is 0 Å². The van der Waals surface area contributed by atoms with Gasteiger partial charge < -0.3 is 14.7 Å². The van der Waals surface area contributed by atoms with Crippen molar-refractivity contribution in [1.82, 2.24) is 4.90 Å². The van der Waals surface area contributed by atoms with Gasteiger partial charge in [0.25, 0.3) is 0 Å². The smallest absolute Gasteiger partial charge is 0.0960 e. The van der Waals surface area contributed by atoms with Crippen molar-refractivity contribution in [3.8, 4) is 0 Å². The number of ether oxygens (including phenoxy) is 1. The molecule has 0 aliphatic carbocycles. The maximum Gasteiger partial charge on any atom is 0.0960 e. The minimum atomic E-state index is -0.343. The molecule has 0 aromatic carbocycles. The van der Waals surface area contributed by atoms with Crippen molar-refractivity contribution in [2.45, 2.75) is 25.0 Å². The van der Waals surface area contributed by atoms with Gasteiger partial charge in [0.1, 0.15) is 0 Å². The van der Waals surface area contributed by atoms with Crippen LogP contribution < -0.4 is 0 Å². The van der Waals surface area contributed by atoms with Crippen LogP contribution in [-0.2, 0) is 11.2 Å². The zero-order chi connectivity index (χ0) is 11.4. The van der Waals surface area contributed by atoms with Crippen LogP contribution in [0.1, 0.15) is 11.3 Å². The zero-order valence-corrected chi connectivity index (χ0v) is 10.4. The number of likely N-dealkylation sites (N-methyl/N-ethyl adjacent to an activating group) is 1. The Labute approximate surface area is 101 Å². The van der Waals surface area contributed by atoms with Crippen LogP contribution in [0.4, 0.5) is 0 Å². The molecule has 3 nitrogen and oxygen atoms in total. The first-order valence-electron chi connectivity index (χ1n) is 5.76. The fourth-order valence-corrected chi connectivity index (χ4v) is 2.70. The average molecular weight is 241 g/mol. The quantitative estimate of drug-likeness (QED) is 0.864. The third kappa shape index (κ3) is 3.28. The van der Waals surface area contributed by atoms with Crippen molar-refractivity contribution >= 4 is 11.3 Å². The first-order chi connectivity index (χ1) is 7.75. The summed E-state index contributed by atoms with van der Waals surface area (Å²) >= 11 is 1.75. The van der Waals surface area contributed by atoms with Crippen molar-refractivity contribution in [3.63, 3.8) is 0 Å². The van der Waals surface area contributed by atoms with Gasteiger partial charge in [-0.3, -0.25) is 0 Å². The third-order valence-corrected chi connectivity index (χ3v) is 3.93. The Bertz CT molecular complexity index is 302. The number of thiophene rings is 1. The number of aryl methyl sites for hydroxylation is 1. The number of aliphatic hydroxyl groups excluding tert-OH is 1. The Morgan fingerprint density at radius 2 is 2.56 bits per heavy atom. The number of aliphatic hydroxyl groups is 1. The van der Waals surface area contributed by atoms with Crippen LogP contribution in [0.15, 0.2) is 17.5 Å². The summed E-state index contributed by atoms with van der Waals surface area (Å²) in [5, 5.41) is 12.1. The number of morpholine rings is 1. The van der Waals surface area contributed by atoms with Crippen LogP contribution in [0.2, 0.25) is 0 Å². The molecule has 1 saturated heterocycles. The SMILES string of the molecule is CN1CCOC(C(O)CCc2cccs2)C1. The molecule has 90 valence electrons. The van der Waals surface area contributed by atoms with E-state index in [-0.39, 0.29) is 12.2 Å². The molecule has 1 aromatic heterocycles. The third-order valence-electron chi connectivity index (χ3n) is 2.99. The van der Waals surface area contributed by atoms with E-state index in [9.17, 15) is 5.11 Å². The molecule has 0 amide bonds. The van der Waals surface area contributed by atoms with Crippen LogP contribution in [0, 0.1) is 0 Å². The Balaban J connectivity index is 1.76. The van der Waals surface area contributed by atoms with E-state index in [1.807, 2.05) is 0 Å². The summed E-state index contributed by atoms with van der Waals surface area (Å²) in [7, 11) is 2.07. The number of hydrogen-bond donors (Lipinski definition) is 1. The summed E-state index contributed by atoms with van der Waals surface area (Å²) in [4.78, 5) is 3.55. The second-order valence-corrected chi connectivity index (χ2v) is 5.39. The molecule has 2 unspecified atom stereocenters. The molecular formula is C12H19NO2S. The Morgan fingerprint density at radius 1 is 1.69 bits per heavy atom. The number of rotatable bonds is 4. The second kappa shape index (κ2) is 5.77. The summed E-state index contributed by atoms with van der Waals surface area (Å²) in [6.07, 6.45) is 1.38. The highest BCUT2D eigenvalue weighted by atomic mass is 32.1. The van der Waals surface area contributed by atoms with E-state index < -0.39 is 0 Å². The molecule has 0 bridgehead atoms. The fourth-order valence-electron chi connectivity index (χ4n) is 1.97. The highest BCUT2D eigenvalue weighted by Gasteiger charge is 2.24. The molecule has 1 aliphatic heterocycles. The first kappa shape index (κ1) is 12.0. The normalized spacial score (nSPS) is 24.5.